The first-order valence-corrected chi connectivity index (χ1v) is 12.0. The average molecular weight is 469 g/mol. The molecule has 0 aliphatic rings. The summed E-state index contributed by atoms with van der Waals surface area (Å²) in [4.78, 5) is 19.5. The number of nitrogens with zero attached hydrogens (tertiary/aromatic N) is 4. The van der Waals surface area contributed by atoms with Crippen LogP contribution in [0.15, 0.2) is 101 Å². The van der Waals surface area contributed by atoms with Crippen LogP contribution in [0.2, 0.25) is 0 Å². The van der Waals surface area contributed by atoms with Crippen molar-refractivity contribution < 1.29 is 9.21 Å². The van der Waals surface area contributed by atoms with Gasteiger partial charge in [-0.3, -0.25) is 9.48 Å². The lowest BCUT2D eigenvalue weighted by molar-refractivity contribution is 0.0784. The fraction of sp³-hybridized carbons (Fsp3) is 0.148. The zero-order chi connectivity index (χ0) is 23.3. The summed E-state index contributed by atoms with van der Waals surface area (Å²) < 4.78 is 7.71. The highest BCUT2D eigenvalue weighted by atomic mass is 32.2. The van der Waals surface area contributed by atoms with Crippen LogP contribution in [-0.4, -0.2) is 32.6 Å². The van der Waals surface area contributed by atoms with Gasteiger partial charge in [0.15, 0.2) is 5.58 Å². The minimum absolute atomic E-state index is 0.0235. The van der Waals surface area contributed by atoms with E-state index < -0.39 is 0 Å². The highest BCUT2D eigenvalue weighted by Crippen LogP contribution is 2.27. The first-order chi connectivity index (χ1) is 16.7. The van der Waals surface area contributed by atoms with Gasteiger partial charge in [0.2, 0.25) is 0 Å². The lowest BCUT2D eigenvalue weighted by Crippen LogP contribution is -2.27. The maximum atomic E-state index is 13.3. The fourth-order valence-electron chi connectivity index (χ4n) is 3.80. The predicted octanol–water partition coefficient (Wildman–Crippen LogP) is 5.64. The Labute approximate surface area is 202 Å². The lowest BCUT2D eigenvalue weighted by Gasteiger charge is -2.18. The van der Waals surface area contributed by atoms with Crippen LogP contribution in [0.5, 0.6) is 0 Å². The van der Waals surface area contributed by atoms with Crippen LogP contribution in [0.4, 0.5) is 0 Å². The van der Waals surface area contributed by atoms with Gasteiger partial charge in [-0.2, -0.15) is 5.10 Å². The molecule has 7 heteroatoms. The smallest absolute Gasteiger partial charge is 0.257 e. The molecule has 5 aromatic rings. The Kier molecular flexibility index (Phi) is 6.44. The Morgan fingerprint density at radius 2 is 1.74 bits per heavy atom. The van der Waals surface area contributed by atoms with Crippen LogP contribution < -0.4 is 0 Å². The Balaban J connectivity index is 1.24. The highest BCUT2D eigenvalue weighted by molar-refractivity contribution is 7.98. The number of oxazole rings is 1. The van der Waals surface area contributed by atoms with Gasteiger partial charge in [0, 0.05) is 36.7 Å². The number of para-hydroxylation sites is 2. The summed E-state index contributed by atoms with van der Waals surface area (Å²) in [5.41, 5.74) is 5.41. The van der Waals surface area contributed by atoms with E-state index in [9.17, 15) is 4.79 Å². The number of hydrogen-bond acceptors (Lipinski definition) is 5. The van der Waals surface area contributed by atoms with Gasteiger partial charge in [-0.05, 0) is 29.3 Å². The number of fused-ring (bicyclic) bond motifs is 1. The van der Waals surface area contributed by atoms with Crippen LogP contribution in [0.25, 0.3) is 11.1 Å². The standard InChI is InChI=1S/C27H24N4O2S/c1-30(16-21-15-28-31(18-21)17-20-9-3-2-4-10-20)26(32)23-12-6-5-11-22(23)19-34-27-29-24-13-7-8-14-25(24)33-27/h2-15,18H,16-17,19H2,1H3. The number of amides is 1. The first kappa shape index (κ1) is 22.0. The molecule has 0 aliphatic heterocycles. The molecule has 2 aromatic heterocycles. The van der Waals surface area contributed by atoms with Crippen LogP contribution in [0.1, 0.15) is 27.0 Å². The maximum Gasteiger partial charge on any atom is 0.257 e. The molecule has 0 unspecified atom stereocenters. The van der Waals surface area contributed by atoms with E-state index in [-0.39, 0.29) is 5.91 Å². The van der Waals surface area contributed by atoms with Crippen molar-refractivity contribution in [3.8, 4) is 0 Å². The Bertz CT molecular complexity index is 1380. The molecule has 2 heterocycles. The second-order valence-electron chi connectivity index (χ2n) is 8.09. The van der Waals surface area contributed by atoms with E-state index in [4.69, 9.17) is 4.42 Å². The molecule has 0 bridgehead atoms. The molecule has 5 rings (SSSR count). The van der Waals surface area contributed by atoms with Gasteiger partial charge in [-0.15, -0.1) is 0 Å². The molecule has 1 amide bonds. The summed E-state index contributed by atoms with van der Waals surface area (Å²) in [6.45, 7) is 1.19. The van der Waals surface area contributed by atoms with Crippen LogP contribution in [-0.2, 0) is 18.8 Å². The molecule has 0 saturated heterocycles. The summed E-state index contributed by atoms with van der Waals surface area (Å²) in [6, 6.07) is 25.6. The molecular formula is C27H24N4O2S. The van der Waals surface area contributed by atoms with Crippen molar-refractivity contribution in [1.82, 2.24) is 19.7 Å². The van der Waals surface area contributed by atoms with E-state index in [0.29, 0.717) is 29.6 Å². The average Bonchev–Trinajstić information content (AvgIpc) is 3.49. The second kappa shape index (κ2) is 9.97. The van der Waals surface area contributed by atoms with Gasteiger partial charge in [-0.25, -0.2) is 4.98 Å². The quantitative estimate of drug-likeness (QED) is 0.276. The SMILES string of the molecule is CN(Cc1cnn(Cc2ccccc2)c1)C(=O)c1ccccc1CSc1nc2ccccc2o1. The van der Waals surface area contributed by atoms with Crippen molar-refractivity contribution in [3.05, 3.63) is 114 Å². The maximum absolute atomic E-state index is 13.3. The molecule has 0 radical (unpaired) electrons. The molecule has 0 saturated carbocycles. The number of rotatable bonds is 8. The van der Waals surface area contributed by atoms with Gasteiger partial charge >= 0.3 is 0 Å². The summed E-state index contributed by atoms with van der Waals surface area (Å²) in [5.74, 6) is 0.571. The zero-order valence-corrected chi connectivity index (χ0v) is 19.6. The van der Waals surface area contributed by atoms with Crippen LogP contribution in [0, 0.1) is 0 Å². The normalized spacial score (nSPS) is 11.1. The molecule has 170 valence electrons. The third kappa shape index (κ3) is 5.05. The third-order valence-electron chi connectivity index (χ3n) is 5.51. The minimum atomic E-state index is -0.0235. The van der Waals surface area contributed by atoms with Gasteiger partial charge in [-0.1, -0.05) is 72.4 Å². The van der Waals surface area contributed by atoms with Gasteiger partial charge in [0.05, 0.1) is 12.7 Å². The third-order valence-corrected chi connectivity index (χ3v) is 6.39. The van der Waals surface area contributed by atoms with E-state index in [2.05, 4.69) is 22.2 Å². The molecule has 0 spiro atoms. The van der Waals surface area contributed by atoms with Crippen molar-refractivity contribution >= 4 is 28.8 Å². The molecule has 34 heavy (non-hydrogen) atoms. The van der Waals surface area contributed by atoms with Gasteiger partial charge in [0.1, 0.15) is 5.52 Å². The molecule has 0 atom stereocenters. The van der Waals surface area contributed by atoms with Crippen molar-refractivity contribution in [2.45, 2.75) is 24.1 Å². The van der Waals surface area contributed by atoms with Crippen LogP contribution >= 0.6 is 11.8 Å². The second-order valence-corrected chi connectivity index (χ2v) is 9.01. The lowest BCUT2D eigenvalue weighted by atomic mass is 10.1. The number of hydrogen-bond donors (Lipinski definition) is 0. The molecule has 3 aromatic carbocycles. The largest absolute Gasteiger partial charge is 0.431 e. The Morgan fingerprint density at radius 1 is 0.971 bits per heavy atom. The van der Waals surface area contributed by atoms with Crippen LogP contribution in [0.3, 0.4) is 0 Å². The van der Waals surface area contributed by atoms with Gasteiger partial charge < -0.3 is 9.32 Å². The van der Waals surface area contributed by atoms with E-state index in [0.717, 1.165) is 22.2 Å². The number of thioether (sulfide) groups is 1. The Hall–Kier alpha value is -3.84. The molecule has 0 fully saturated rings. The number of carbonyl (C=O) groups is 1. The summed E-state index contributed by atoms with van der Waals surface area (Å²) in [7, 11) is 1.82. The molecule has 6 nitrogen and oxygen atoms in total. The van der Waals surface area contributed by atoms with Crippen molar-refractivity contribution in [1.29, 1.82) is 0 Å². The highest BCUT2D eigenvalue weighted by Gasteiger charge is 2.17. The topological polar surface area (TPSA) is 64.2 Å². The molecule has 0 aliphatic carbocycles. The van der Waals surface area contributed by atoms with Crippen molar-refractivity contribution in [2.75, 3.05) is 7.05 Å². The van der Waals surface area contributed by atoms with E-state index in [1.807, 2.05) is 90.9 Å². The zero-order valence-electron chi connectivity index (χ0n) is 18.8. The van der Waals surface area contributed by atoms with Crippen molar-refractivity contribution in [2.24, 2.45) is 0 Å². The van der Waals surface area contributed by atoms with Crippen molar-refractivity contribution in [3.63, 3.8) is 0 Å². The molecule has 0 N–H and O–H groups in total. The molecular weight excluding hydrogens is 444 g/mol. The monoisotopic (exact) mass is 468 g/mol. The van der Waals surface area contributed by atoms with E-state index in [1.54, 1.807) is 4.90 Å². The van der Waals surface area contributed by atoms with E-state index in [1.165, 1.54) is 17.3 Å². The summed E-state index contributed by atoms with van der Waals surface area (Å²) in [5, 5.41) is 5.05. The number of carbonyl (C=O) groups excluding carboxylic acids is 1. The van der Waals surface area contributed by atoms with E-state index >= 15 is 0 Å². The predicted molar refractivity (Wildman–Crippen MR) is 134 cm³/mol. The summed E-state index contributed by atoms with van der Waals surface area (Å²) in [6.07, 6.45) is 3.81. The fourth-order valence-corrected chi connectivity index (χ4v) is 4.65. The van der Waals surface area contributed by atoms with Gasteiger partial charge in [0.25, 0.3) is 11.1 Å². The number of aromatic nitrogens is 3. The number of benzene rings is 3. The summed E-state index contributed by atoms with van der Waals surface area (Å²) >= 11 is 1.49. The minimum Gasteiger partial charge on any atom is -0.431 e. The Morgan fingerprint density at radius 3 is 2.59 bits per heavy atom. The first-order valence-electron chi connectivity index (χ1n) is 11.0.